The minimum Gasteiger partial charge on any atom is -0.364 e. The lowest BCUT2D eigenvalue weighted by Crippen LogP contribution is -2.63. The largest absolute Gasteiger partial charge is 0.364 e. The molecule has 46 heavy (non-hydrogen) atoms. The quantitative estimate of drug-likeness (QED) is 0.196. The zero-order chi connectivity index (χ0) is 32.6. The fourth-order valence-corrected chi connectivity index (χ4v) is 6.70. The molecule has 3 aromatic heterocycles. The fourth-order valence-electron chi connectivity index (χ4n) is 6.08. The Bertz CT molecular complexity index is 1780. The lowest BCUT2D eigenvalue weighted by atomic mass is 9.86. The molecule has 1 atom stereocenters. The van der Waals surface area contributed by atoms with Gasteiger partial charge in [0.2, 0.25) is 0 Å². The molecule has 1 amide bonds. The number of benzene rings is 1. The van der Waals surface area contributed by atoms with Gasteiger partial charge in [0.15, 0.2) is 0 Å². The van der Waals surface area contributed by atoms with Crippen molar-refractivity contribution < 1.29 is 18.3 Å². The van der Waals surface area contributed by atoms with Gasteiger partial charge in [0.1, 0.15) is 35.9 Å². The van der Waals surface area contributed by atoms with Crippen molar-refractivity contribution in [2.24, 2.45) is 5.92 Å². The summed E-state index contributed by atoms with van der Waals surface area (Å²) < 4.78 is 40.1. The molecule has 6 rings (SSSR count). The number of ether oxygens (including phenoxy) is 1. The molecule has 2 fully saturated rings. The minimum atomic E-state index is -0.779. The highest BCUT2D eigenvalue weighted by molar-refractivity contribution is 8.32. The SMILES string of the molecule is CC[C@@H](NC(=O)c1cc(F)c(N2CC(CC#N)(n3cc(-c4ncnc5c4ccn5COCCS(C)(C)C)cn3)C2)cc1F)C1CC1. The average Bonchev–Trinajstić information content (AvgIpc) is 3.57. The van der Waals surface area contributed by atoms with Gasteiger partial charge in [0.25, 0.3) is 5.91 Å². The second-order valence-corrected chi connectivity index (χ2v) is 17.9. The lowest BCUT2D eigenvalue weighted by Gasteiger charge is -2.50. The number of halogens is 2. The Morgan fingerprint density at radius 3 is 2.70 bits per heavy atom. The van der Waals surface area contributed by atoms with E-state index in [4.69, 9.17) is 4.74 Å². The number of amides is 1. The monoisotopic (exact) mass is 650 g/mol. The number of carbonyl (C=O) groups is 1. The zero-order valence-electron chi connectivity index (χ0n) is 26.7. The summed E-state index contributed by atoms with van der Waals surface area (Å²) >= 11 is 0. The number of nitrogens with one attached hydrogen (secondary N) is 1. The Morgan fingerprint density at radius 1 is 1.22 bits per heavy atom. The van der Waals surface area contributed by atoms with Gasteiger partial charge in [-0.2, -0.15) is 10.4 Å². The third-order valence-electron chi connectivity index (χ3n) is 8.92. The van der Waals surface area contributed by atoms with E-state index in [-0.39, 0.29) is 36.8 Å². The first kappa shape index (κ1) is 31.9. The molecule has 1 aliphatic carbocycles. The third kappa shape index (κ3) is 6.46. The Kier molecular flexibility index (Phi) is 8.78. The van der Waals surface area contributed by atoms with Crippen LogP contribution in [0, 0.1) is 28.9 Å². The van der Waals surface area contributed by atoms with Gasteiger partial charge in [-0.1, -0.05) is 6.92 Å². The van der Waals surface area contributed by atoms with Crippen LogP contribution in [0.15, 0.2) is 43.1 Å². The summed E-state index contributed by atoms with van der Waals surface area (Å²) in [4.78, 5) is 23.4. The van der Waals surface area contributed by atoms with Crippen LogP contribution in [0.4, 0.5) is 14.5 Å². The van der Waals surface area contributed by atoms with E-state index in [2.05, 4.69) is 45.2 Å². The molecular weight excluding hydrogens is 610 g/mol. The number of carbonyl (C=O) groups excluding carboxylic acids is 1. The number of anilines is 1. The lowest BCUT2D eigenvalue weighted by molar-refractivity contribution is 0.0922. The maximum absolute atomic E-state index is 15.3. The standard InChI is InChI=1S/C33H40F2N8O2S/c1-5-28(22-6-7-22)40-32(44)25-14-27(35)29(15-26(25)34)42-18-33(19-42,9-10-36)43-17-23(16-39-43)30-24-8-11-41(31(24)38-20-37-30)21-45-12-13-46(2,3)4/h8,11,14-17,20,22,28H,5-7,9,12-13,18-19,21H2,1-4H3,(H,40,44)/t28-/m1/s1. The molecule has 244 valence electrons. The first-order valence-electron chi connectivity index (χ1n) is 15.5. The van der Waals surface area contributed by atoms with E-state index in [9.17, 15) is 10.1 Å². The molecule has 1 aromatic carbocycles. The van der Waals surface area contributed by atoms with Crippen LogP contribution in [0.25, 0.3) is 22.3 Å². The molecule has 1 aliphatic heterocycles. The summed E-state index contributed by atoms with van der Waals surface area (Å²) in [5, 5.41) is 18.0. The molecule has 4 aromatic rings. The van der Waals surface area contributed by atoms with Crippen molar-refractivity contribution in [1.82, 2.24) is 29.6 Å². The van der Waals surface area contributed by atoms with Crippen molar-refractivity contribution >= 4 is 32.7 Å². The van der Waals surface area contributed by atoms with E-state index in [0.717, 1.165) is 53.7 Å². The first-order chi connectivity index (χ1) is 22.0. The maximum Gasteiger partial charge on any atom is 0.254 e. The number of hydrogen-bond acceptors (Lipinski definition) is 7. The van der Waals surface area contributed by atoms with E-state index < -0.39 is 33.1 Å². The summed E-state index contributed by atoms with van der Waals surface area (Å²) in [5.74, 6) is -0.634. The van der Waals surface area contributed by atoms with E-state index in [0.29, 0.717) is 24.9 Å². The van der Waals surface area contributed by atoms with Gasteiger partial charge >= 0.3 is 0 Å². The van der Waals surface area contributed by atoms with Crippen LogP contribution in [0.2, 0.25) is 0 Å². The number of hydrogen-bond donors (Lipinski definition) is 1. The molecule has 0 spiro atoms. The number of nitrogens with zero attached hydrogens (tertiary/aromatic N) is 7. The van der Waals surface area contributed by atoms with Crippen molar-refractivity contribution in [1.29, 1.82) is 5.26 Å². The van der Waals surface area contributed by atoms with Gasteiger partial charge in [-0.15, -0.1) is 0 Å². The van der Waals surface area contributed by atoms with Crippen molar-refractivity contribution in [3.63, 3.8) is 0 Å². The van der Waals surface area contributed by atoms with Crippen molar-refractivity contribution in [2.75, 3.05) is 49.1 Å². The summed E-state index contributed by atoms with van der Waals surface area (Å²) in [6, 6.07) is 6.19. The van der Waals surface area contributed by atoms with E-state index in [1.165, 1.54) is 6.33 Å². The Morgan fingerprint density at radius 2 is 2.00 bits per heavy atom. The predicted octanol–water partition coefficient (Wildman–Crippen LogP) is 5.29. The van der Waals surface area contributed by atoms with Crippen LogP contribution in [-0.2, 0) is 17.0 Å². The molecule has 1 N–H and O–H groups in total. The summed E-state index contributed by atoms with van der Waals surface area (Å²) in [6.07, 6.45) is 16.7. The summed E-state index contributed by atoms with van der Waals surface area (Å²) in [5.41, 5.74) is 1.20. The van der Waals surface area contributed by atoms with Gasteiger partial charge in [-0.05, 0) is 56.1 Å². The Hall–Kier alpha value is -4.02. The summed E-state index contributed by atoms with van der Waals surface area (Å²) in [7, 11) is -0.638. The Balaban J connectivity index is 1.17. The van der Waals surface area contributed by atoms with Gasteiger partial charge in [0.05, 0.1) is 42.2 Å². The number of rotatable bonds is 13. The molecule has 1 saturated heterocycles. The highest BCUT2D eigenvalue weighted by atomic mass is 32.3. The zero-order valence-corrected chi connectivity index (χ0v) is 27.5. The second kappa shape index (κ2) is 12.6. The number of fused-ring (bicyclic) bond motifs is 1. The van der Waals surface area contributed by atoms with Crippen LogP contribution in [0.1, 0.15) is 43.0 Å². The topological polar surface area (TPSA) is 114 Å². The van der Waals surface area contributed by atoms with Crippen molar-refractivity contribution in [3.8, 4) is 17.3 Å². The van der Waals surface area contributed by atoms with Gasteiger partial charge in [-0.25, -0.2) is 28.8 Å². The van der Waals surface area contributed by atoms with Crippen molar-refractivity contribution in [3.05, 3.63) is 60.3 Å². The molecule has 1 saturated carbocycles. The molecular formula is C33H40F2N8O2S. The average molecular weight is 651 g/mol. The van der Waals surface area contributed by atoms with Crippen LogP contribution in [0.3, 0.4) is 0 Å². The van der Waals surface area contributed by atoms with Crippen LogP contribution < -0.4 is 10.2 Å². The van der Waals surface area contributed by atoms with Crippen LogP contribution >= 0.6 is 10.0 Å². The molecule has 0 unspecified atom stereocenters. The van der Waals surface area contributed by atoms with Gasteiger partial charge in [-0.3, -0.25) is 9.48 Å². The third-order valence-corrected chi connectivity index (χ3v) is 10.3. The van der Waals surface area contributed by atoms with Gasteiger partial charge < -0.3 is 19.5 Å². The minimum absolute atomic E-state index is 0.0351. The fraction of sp³-hybridized carbons (Fsp3) is 0.485. The molecule has 0 bridgehead atoms. The van der Waals surface area contributed by atoms with Crippen LogP contribution in [-0.4, -0.2) is 80.5 Å². The van der Waals surface area contributed by atoms with E-state index >= 15 is 8.78 Å². The number of aromatic nitrogens is 5. The van der Waals surface area contributed by atoms with Crippen LogP contribution in [0.5, 0.6) is 0 Å². The molecule has 13 heteroatoms. The molecule has 0 radical (unpaired) electrons. The number of nitriles is 1. The first-order valence-corrected chi connectivity index (χ1v) is 18.6. The Labute approximate surface area is 269 Å². The summed E-state index contributed by atoms with van der Waals surface area (Å²) in [6.45, 7) is 3.52. The second-order valence-electron chi connectivity index (χ2n) is 13.3. The van der Waals surface area contributed by atoms with E-state index in [1.54, 1.807) is 15.8 Å². The molecule has 2 aliphatic rings. The molecule has 10 nitrogen and oxygen atoms in total. The van der Waals surface area contributed by atoms with Crippen molar-refractivity contribution in [2.45, 2.75) is 50.9 Å². The highest BCUT2D eigenvalue weighted by Crippen LogP contribution is 2.39. The smallest absolute Gasteiger partial charge is 0.254 e. The van der Waals surface area contributed by atoms with Gasteiger partial charge in [0, 0.05) is 54.3 Å². The normalized spacial score (nSPS) is 17.0. The molecule has 4 heterocycles. The van der Waals surface area contributed by atoms with E-state index in [1.807, 2.05) is 30.0 Å². The maximum atomic E-state index is 15.3. The highest BCUT2D eigenvalue weighted by Gasteiger charge is 2.46. The predicted molar refractivity (Wildman–Crippen MR) is 176 cm³/mol.